The maximum Gasteiger partial charge on any atom is 0.223 e. The summed E-state index contributed by atoms with van der Waals surface area (Å²) >= 11 is 1.92. The summed E-state index contributed by atoms with van der Waals surface area (Å²) in [5.74, 6) is 1.33. The minimum absolute atomic E-state index is 0.181. The van der Waals surface area contributed by atoms with Crippen molar-refractivity contribution in [2.75, 3.05) is 26.4 Å². The van der Waals surface area contributed by atoms with Crippen LogP contribution in [0.3, 0.4) is 0 Å². The van der Waals surface area contributed by atoms with Crippen LogP contribution in [0, 0.1) is 0 Å². The first kappa shape index (κ1) is 13.4. The molecular weight excluding hydrogens is 244 g/mol. The Morgan fingerprint density at radius 2 is 2.22 bits per heavy atom. The SMILES string of the molecule is CN(C)C(=O)CCNC1CCSc2ccccc21. The predicted octanol–water partition coefficient (Wildman–Crippen LogP) is 2.29. The van der Waals surface area contributed by atoms with Gasteiger partial charge in [-0.3, -0.25) is 4.79 Å². The second kappa shape index (κ2) is 6.25. The molecule has 3 nitrogen and oxygen atoms in total. The Balaban J connectivity index is 1.90. The number of carbonyl (C=O) groups excluding carboxylic acids is 1. The summed E-state index contributed by atoms with van der Waals surface area (Å²) in [5, 5.41) is 3.50. The molecule has 0 saturated heterocycles. The normalized spacial score (nSPS) is 18.2. The quantitative estimate of drug-likeness (QED) is 0.905. The lowest BCUT2D eigenvalue weighted by molar-refractivity contribution is -0.128. The van der Waals surface area contributed by atoms with Crippen molar-refractivity contribution in [3.63, 3.8) is 0 Å². The summed E-state index contributed by atoms with van der Waals surface area (Å²) in [6.45, 7) is 0.751. The van der Waals surface area contributed by atoms with Gasteiger partial charge in [-0.05, 0) is 23.8 Å². The van der Waals surface area contributed by atoms with E-state index in [0.717, 1.165) is 18.7 Å². The highest BCUT2D eigenvalue weighted by Crippen LogP contribution is 2.35. The molecule has 1 atom stereocenters. The van der Waals surface area contributed by atoms with E-state index >= 15 is 0 Å². The zero-order valence-electron chi connectivity index (χ0n) is 11.0. The van der Waals surface area contributed by atoms with E-state index in [1.807, 2.05) is 11.8 Å². The van der Waals surface area contributed by atoms with Gasteiger partial charge in [-0.2, -0.15) is 0 Å². The molecule has 0 bridgehead atoms. The van der Waals surface area contributed by atoms with Crippen LogP contribution in [-0.4, -0.2) is 37.2 Å². The van der Waals surface area contributed by atoms with Gasteiger partial charge in [0, 0.05) is 38.0 Å². The highest BCUT2D eigenvalue weighted by Gasteiger charge is 2.19. The lowest BCUT2D eigenvalue weighted by Gasteiger charge is -2.26. The van der Waals surface area contributed by atoms with Gasteiger partial charge in [-0.25, -0.2) is 0 Å². The van der Waals surface area contributed by atoms with Crippen molar-refractivity contribution in [3.8, 4) is 0 Å². The molecule has 0 saturated carbocycles. The molecule has 1 N–H and O–H groups in total. The van der Waals surface area contributed by atoms with Gasteiger partial charge in [0.05, 0.1) is 0 Å². The van der Waals surface area contributed by atoms with E-state index in [4.69, 9.17) is 0 Å². The molecule has 1 amide bonds. The van der Waals surface area contributed by atoms with E-state index in [2.05, 4.69) is 29.6 Å². The van der Waals surface area contributed by atoms with Crippen LogP contribution in [0.4, 0.5) is 0 Å². The van der Waals surface area contributed by atoms with Gasteiger partial charge in [0.25, 0.3) is 0 Å². The number of nitrogens with zero attached hydrogens (tertiary/aromatic N) is 1. The average Bonchev–Trinajstić information content (AvgIpc) is 2.38. The van der Waals surface area contributed by atoms with Crippen LogP contribution in [0.1, 0.15) is 24.4 Å². The van der Waals surface area contributed by atoms with Crippen LogP contribution in [0.5, 0.6) is 0 Å². The zero-order valence-corrected chi connectivity index (χ0v) is 11.8. The van der Waals surface area contributed by atoms with Crippen LogP contribution >= 0.6 is 11.8 Å². The summed E-state index contributed by atoms with van der Waals surface area (Å²) in [4.78, 5) is 14.5. The average molecular weight is 264 g/mol. The third kappa shape index (κ3) is 3.27. The molecule has 0 spiro atoms. The smallest absolute Gasteiger partial charge is 0.223 e. The Hall–Kier alpha value is -1.00. The van der Waals surface area contributed by atoms with Gasteiger partial charge in [0.2, 0.25) is 5.91 Å². The van der Waals surface area contributed by atoms with Crippen LogP contribution < -0.4 is 5.32 Å². The van der Waals surface area contributed by atoms with Crippen molar-refractivity contribution < 1.29 is 4.79 Å². The minimum Gasteiger partial charge on any atom is -0.349 e. The molecule has 1 heterocycles. The van der Waals surface area contributed by atoms with E-state index in [0.29, 0.717) is 12.5 Å². The van der Waals surface area contributed by atoms with Crippen LogP contribution in [-0.2, 0) is 4.79 Å². The van der Waals surface area contributed by atoms with E-state index < -0.39 is 0 Å². The molecule has 0 radical (unpaired) electrons. The molecule has 1 unspecified atom stereocenters. The van der Waals surface area contributed by atoms with E-state index in [1.54, 1.807) is 19.0 Å². The Morgan fingerprint density at radius 3 is 3.00 bits per heavy atom. The largest absolute Gasteiger partial charge is 0.349 e. The first-order valence-corrected chi connectivity index (χ1v) is 7.32. The highest BCUT2D eigenvalue weighted by molar-refractivity contribution is 7.99. The molecule has 0 aliphatic carbocycles. The number of rotatable bonds is 4. The maximum absolute atomic E-state index is 11.5. The van der Waals surface area contributed by atoms with Crippen molar-refractivity contribution in [2.24, 2.45) is 0 Å². The molecular formula is C14H20N2OS. The number of amides is 1. The fourth-order valence-corrected chi connectivity index (χ4v) is 3.26. The first-order valence-electron chi connectivity index (χ1n) is 6.34. The fourth-order valence-electron chi connectivity index (χ4n) is 2.13. The summed E-state index contributed by atoms with van der Waals surface area (Å²) in [6, 6.07) is 8.94. The molecule has 4 heteroatoms. The molecule has 1 aromatic carbocycles. The fraction of sp³-hybridized carbons (Fsp3) is 0.500. The van der Waals surface area contributed by atoms with Crippen molar-refractivity contribution in [2.45, 2.75) is 23.8 Å². The third-order valence-corrected chi connectivity index (χ3v) is 4.31. The summed E-state index contributed by atoms with van der Waals surface area (Å²) < 4.78 is 0. The van der Waals surface area contributed by atoms with E-state index in [1.165, 1.54) is 10.5 Å². The Bertz CT molecular complexity index is 420. The number of hydrogen-bond donors (Lipinski definition) is 1. The predicted molar refractivity (Wildman–Crippen MR) is 75.8 cm³/mol. The number of thioether (sulfide) groups is 1. The standard InChI is InChI=1S/C14H20N2OS/c1-16(2)14(17)7-9-15-12-8-10-18-13-6-4-3-5-11(12)13/h3-6,12,15H,7-10H2,1-2H3. The molecule has 98 valence electrons. The number of hydrogen-bond acceptors (Lipinski definition) is 3. The van der Waals surface area contributed by atoms with E-state index in [9.17, 15) is 4.79 Å². The number of carbonyl (C=O) groups is 1. The van der Waals surface area contributed by atoms with Gasteiger partial charge in [0.1, 0.15) is 0 Å². The second-order valence-corrected chi connectivity index (χ2v) is 5.86. The molecule has 0 aromatic heterocycles. The van der Waals surface area contributed by atoms with Crippen LogP contribution in [0.25, 0.3) is 0 Å². The lowest BCUT2D eigenvalue weighted by Crippen LogP contribution is -2.30. The second-order valence-electron chi connectivity index (χ2n) is 4.72. The number of benzene rings is 1. The zero-order chi connectivity index (χ0) is 13.0. The van der Waals surface area contributed by atoms with Gasteiger partial charge < -0.3 is 10.2 Å². The van der Waals surface area contributed by atoms with Crippen molar-refractivity contribution in [3.05, 3.63) is 29.8 Å². The summed E-state index contributed by atoms with van der Waals surface area (Å²) in [7, 11) is 3.60. The van der Waals surface area contributed by atoms with Gasteiger partial charge >= 0.3 is 0 Å². The molecule has 18 heavy (non-hydrogen) atoms. The van der Waals surface area contributed by atoms with Gasteiger partial charge in [-0.15, -0.1) is 11.8 Å². The molecule has 2 rings (SSSR count). The van der Waals surface area contributed by atoms with Crippen LogP contribution in [0.15, 0.2) is 29.2 Å². The number of fused-ring (bicyclic) bond motifs is 1. The summed E-state index contributed by atoms with van der Waals surface area (Å²) in [5.41, 5.74) is 1.38. The van der Waals surface area contributed by atoms with Crippen molar-refractivity contribution in [1.29, 1.82) is 0 Å². The van der Waals surface area contributed by atoms with Crippen LogP contribution in [0.2, 0.25) is 0 Å². The van der Waals surface area contributed by atoms with Crippen molar-refractivity contribution in [1.82, 2.24) is 10.2 Å². The maximum atomic E-state index is 11.5. The van der Waals surface area contributed by atoms with Crippen molar-refractivity contribution >= 4 is 17.7 Å². The molecule has 0 fully saturated rings. The van der Waals surface area contributed by atoms with Gasteiger partial charge in [-0.1, -0.05) is 18.2 Å². The molecule has 1 aromatic rings. The number of nitrogens with one attached hydrogen (secondary N) is 1. The molecule has 1 aliphatic rings. The third-order valence-electron chi connectivity index (χ3n) is 3.19. The topological polar surface area (TPSA) is 32.3 Å². The lowest BCUT2D eigenvalue weighted by atomic mass is 10.0. The Morgan fingerprint density at radius 1 is 1.44 bits per heavy atom. The monoisotopic (exact) mass is 264 g/mol. The Kier molecular flexibility index (Phi) is 4.66. The van der Waals surface area contributed by atoms with E-state index in [-0.39, 0.29) is 5.91 Å². The first-order chi connectivity index (χ1) is 8.68. The molecule has 1 aliphatic heterocycles. The van der Waals surface area contributed by atoms with Gasteiger partial charge in [0.15, 0.2) is 0 Å². The highest BCUT2D eigenvalue weighted by atomic mass is 32.2. The Labute approximate surface area is 113 Å². The summed E-state index contributed by atoms with van der Waals surface area (Å²) in [6.07, 6.45) is 1.71. The minimum atomic E-state index is 0.181.